The summed E-state index contributed by atoms with van der Waals surface area (Å²) in [5, 5.41) is -0.205. The summed E-state index contributed by atoms with van der Waals surface area (Å²) in [4.78, 5) is 0. The van der Waals surface area contributed by atoms with Crippen molar-refractivity contribution >= 4 is 18.4 Å². The van der Waals surface area contributed by atoms with E-state index < -0.39 is 0 Å². The molecule has 0 aromatic heterocycles. The standard InChI is InChI=1S/C19H17P.Au.ClH/c20-19(16-10-4-1-5-11-16,17-12-6-2-7-13-17)18-14-8-3-9-15-18;;/h1-15H,20H2;;1H/q;+1;/p-1. The van der Waals surface area contributed by atoms with Gasteiger partial charge < -0.3 is 0 Å². The van der Waals surface area contributed by atoms with Crippen molar-refractivity contribution in [3.05, 3.63) is 108 Å². The molecular formula is C19H17AuClP. The molecule has 0 saturated heterocycles. The maximum atomic E-state index is 4.58. The quantitative estimate of drug-likeness (QED) is 0.248. The minimum atomic E-state index is -0.205. The summed E-state index contributed by atoms with van der Waals surface area (Å²) in [7, 11) is 7.64. The molecule has 3 rings (SSSR count). The summed E-state index contributed by atoms with van der Waals surface area (Å²) in [6.45, 7) is 0. The van der Waals surface area contributed by atoms with Crippen LogP contribution in [0.15, 0.2) is 91.0 Å². The molecule has 1 atom stereocenters. The second-order valence-electron chi connectivity index (χ2n) is 4.91. The summed E-state index contributed by atoms with van der Waals surface area (Å²) in [5.74, 6) is 0. The fourth-order valence-corrected chi connectivity index (χ4v) is 3.18. The Morgan fingerprint density at radius 2 is 0.773 bits per heavy atom. The molecule has 3 heteroatoms. The Bertz CT molecular complexity index is 575. The van der Waals surface area contributed by atoms with Gasteiger partial charge in [0, 0.05) is 0 Å². The van der Waals surface area contributed by atoms with E-state index in [0.29, 0.717) is 0 Å². The summed E-state index contributed by atoms with van der Waals surface area (Å²) >= 11 is 1.75. The van der Waals surface area contributed by atoms with Crippen LogP contribution in [-0.2, 0) is 25.1 Å². The molecule has 0 saturated carbocycles. The van der Waals surface area contributed by atoms with Gasteiger partial charge >= 0.3 is 29.2 Å². The Hall–Kier alpha value is -0.880. The topological polar surface area (TPSA) is 0 Å². The second kappa shape index (κ2) is 8.67. The molecule has 0 heterocycles. The van der Waals surface area contributed by atoms with Crippen molar-refractivity contribution < 1.29 is 20.0 Å². The number of rotatable bonds is 3. The van der Waals surface area contributed by atoms with E-state index in [0.717, 1.165) is 0 Å². The first kappa shape index (κ1) is 17.5. The van der Waals surface area contributed by atoms with Crippen LogP contribution in [0.2, 0.25) is 0 Å². The molecule has 0 radical (unpaired) electrons. The van der Waals surface area contributed by atoms with Crippen molar-refractivity contribution in [3.63, 3.8) is 0 Å². The third-order valence-corrected chi connectivity index (χ3v) is 4.69. The van der Waals surface area contributed by atoms with Gasteiger partial charge in [-0.05, 0) is 16.7 Å². The number of halogens is 1. The Balaban J connectivity index is 0.000000847. The molecule has 0 aliphatic rings. The molecule has 3 aromatic rings. The van der Waals surface area contributed by atoms with Gasteiger partial charge in [-0.1, -0.05) is 91.0 Å². The van der Waals surface area contributed by atoms with Gasteiger partial charge in [-0.2, -0.15) is 0 Å². The fourth-order valence-electron chi connectivity index (χ4n) is 2.60. The molecule has 0 bridgehead atoms. The first-order valence-corrected chi connectivity index (χ1v) is 10.1. The zero-order chi connectivity index (χ0) is 15.8. The zero-order valence-electron chi connectivity index (χ0n) is 11.9. The predicted molar refractivity (Wildman–Crippen MR) is 94.8 cm³/mol. The van der Waals surface area contributed by atoms with Gasteiger partial charge in [0.1, 0.15) is 0 Å². The Labute approximate surface area is 150 Å². The third kappa shape index (κ3) is 3.71. The van der Waals surface area contributed by atoms with Crippen molar-refractivity contribution in [1.29, 1.82) is 0 Å². The van der Waals surface area contributed by atoms with E-state index in [-0.39, 0.29) is 5.16 Å². The van der Waals surface area contributed by atoms with Gasteiger partial charge in [0.05, 0.1) is 5.16 Å². The molecule has 0 aliphatic heterocycles. The van der Waals surface area contributed by atoms with E-state index in [9.17, 15) is 0 Å². The molecule has 0 spiro atoms. The van der Waals surface area contributed by atoms with E-state index in [2.05, 4.69) is 109 Å². The summed E-state index contributed by atoms with van der Waals surface area (Å²) < 4.78 is 0. The number of benzene rings is 3. The minimum absolute atomic E-state index is 0.205. The first-order chi connectivity index (χ1) is 10.8. The van der Waals surface area contributed by atoms with Crippen LogP contribution < -0.4 is 0 Å². The molecule has 22 heavy (non-hydrogen) atoms. The fraction of sp³-hybridized carbons (Fsp3) is 0.0526. The van der Waals surface area contributed by atoms with Gasteiger partial charge in [0.15, 0.2) is 0 Å². The van der Waals surface area contributed by atoms with E-state index >= 15 is 0 Å². The Morgan fingerprint density at radius 3 is 1.00 bits per heavy atom. The molecule has 0 fully saturated rings. The van der Waals surface area contributed by atoms with Crippen LogP contribution in [0.25, 0.3) is 0 Å². The molecule has 1 unspecified atom stereocenters. The molecule has 0 aliphatic carbocycles. The monoisotopic (exact) mass is 508 g/mol. The molecule has 0 nitrogen and oxygen atoms in total. The van der Waals surface area contributed by atoms with Gasteiger partial charge in [-0.3, -0.25) is 0 Å². The summed E-state index contributed by atoms with van der Waals surface area (Å²) in [6.07, 6.45) is 0. The van der Waals surface area contributed by atoms with Crippen molar-refractivity contribution in [2.24, 2.45) is 0 Å². The van der Waals surface area contributed by atoms with E-state index in [1.165, 1.54) is 16.7 Å². The summed E-state index contributed by atoms with van der Waals surface area (Å²) in [5.41, 5.74) is 3.84. The van der Waals surface area contributed by atoms with Crippen molar-refractivity contribution in [2.45, 2.75) is 5.16 Å². The van der Waals surface area contributed by atoms with E-state index in [4.69, 9.17) is 0 Å². The average Bonchev–Trinajstić information content (AvgIpc) is 2.65. The van der Waals surface area contributed by atoms with Crippen molar-refractivity contribution in [3.8, 4) is 0 Å². The average molecular weight is 509 g/mol. The van der Waals surface area contributed by atoms with Crippen LogP contribution in [-0.4, -0.2) is 0 Å². The van der Waals surface area contributed by atoms with Gasteiger partial charge in [0.2, 0.25) is 0 Å². The Morgan fingerprint density at radius 1 is 0.545 bits per heavy atom. The number of hydrogen-bond acceptors (Lipinski definition) is 0. The molecule has 116 valence electrons. The molecular weight excluding hydrogens is 492 g/mol. The molecule has 3 aromatic carbocycles. The SMILES string of the molecule is PC(c1ccccc1)(c1ccccc1)c1ccccc1.[Cl][Au]. The molecule has 0 N–H and O–H groups in total. The normalized spacial score (nSPS) is 10.5. The van der Waals surface area contributed by atoms with Crippen LogP contribution >= 0.6 is 18.4 Å². The van der Waals surface area contributed by atoms with Crippen molar-refractivity contribution in [1.82, 2.24) is 0 Å². The maximum absolute atomic E-state index is 4.58. The summed E-state index contributed by atoms with van der Waals surface area (Å²) in [6, 6.07) is 31.9. The van der Waals surface area contributed by atoms with Gasteiger partial charge in [-0.25, -0.2) is 0 Å². The van der Waals surface area contributed by atoms with Crippen LogP contribution in [0, 0.1) is 0 Å². The van der Waals surface area contributed by atoms with Crippen LogP contribution in [0.1, 0.15) is 16.7 Å². The molecule has 0 amide bonds. The Kier molecular flexibility index (Phi) is 6.89. The van der Waals surface area contributed by atoms with Gasteiger partial charge in [-0.15, -0.1) is 9.24 Å². The second-order valence-corrected chi connectivity index (χ2v) is 5.77. The third-order valence-electron chi connectivity index (χ3n) is 3.69. The van der Waals surface area contributed by atoms with Crippen molar-refractivity contribution in [2.75, 3.05) is 0 Å². The van der Waals surface area contributed by atoms with Gasteiger partial charge in [0.25, 0.3) is 0 Å². The zero-order valence-corrected chi connectivity index (χ0v) is 16.0. The van der Waals surface area contributed by atoms with E-state index in [1.807, 2.05) is 0 Å². The predicted octanol–water partition coefficient (Wildman–Crippen LogP) is 5.54. The van der Waals surface area contributed by atoms with E-state index in [1.54, 1.807) is 20.0 Å². The van der Waals surface area contributed by atoms with Crippen LogP contribution in [0.5, 0.6) is 0 Å². The first-order valence-electron chi connectivity index (χ1n) is 6.88. The van der Waals surface area contributed by atoms with Crippen LogP contribution in [0.4, 0.5) is 0 Å². The van der Waals surface area contributed by atoms with Crippen LogP contribution in [0.3, 0.4) is 0 Å². The number of hydrogen-bond donors (Lipinski definition) is 0.